The highest BCUT2D eigenvalue weighted by molar-refractivity contribution is 7.60. The summed E-state index contributed by atoms with van der Waals surface area (Å²) in [7, 11) is -2.95. The molecule has 2 heterocycles. The fourth-order valence-corrected chi connectivity index (χ4v) is 4.90. The maximum Gasteiger partial charge on any atom is 0.376 e. The minimum absolute atomic E-state index is 0.0110. The Bertz CT molecular complexity index is 1390. The van der Waals surface area contributed by atoms with Crippen LogP contribution < -0.4 is 15.5 Å². The number of amides is 1. The molecule has 0 atom stereocenters. The summed E-state index contributed by atoms with van der Waals surface area (Å²) >= 11 is 1.41. The number of fused-ring (bicyclic) bond motifs is 1. The van der Waals surface area contributed by atoms with Crippen LogP contribution in [0, 0.1) is 5.92 Å². The molecule has 1 fully saturated rings. The highest BCUT2D eigenvalue weighted by Crippen LogP contribution is 2.39. The predicted molar refractivity (Wildman–Crippen MR) is 122 cm³/mol. The monoisotopic (exact) mass is 470 g/mol. The summed E-state index contributed by atoms with van der Waals surface area (Å²) < 4.78 is 19.3. The Morgan fingerprint density at radius 3 is 2.75 bits per heavy atom. The van der Waals surface area contributed by atoms with Crippen molar-refractivity contribution in [3.63, 3.8) is 0 Å². The molecule has 5 rings (SSSR count). The molecule has 2 aromatic carbocycles. The van der Waals surface area contributed by atoms with Crippen molar-refractivity contribution in [1.29, 1.82) is 0 Å². The average molecular weight is 470 g/mol. The molecule has 32 heavy (non-hydrogen) atoms. The second kappa shape index (κ2) is 7.83. The molecule has 1 amide bonds. The van der Waals surface area contributed by atoms with E-state index in [2.05, 4.69) is 15.4 Å². The van der Waals surface area contributed by atoms with Crippen molar-refractivity contribution in [1.82, 2.24) is 14.8 Å². The molecule has 4 aromatic rings. The molecular formula is C21H19N4O5PS. The van der Waals surface area contributed by atoms with Crippen molar-refractivity contribution in [3.05, 3.63) is 48.7 Å². The lowest BCUT2D eigenvalue weighted by Gasteiger charge is -2.11. The van der Waals surface area contributed by atoms with Gasteiger partial charge in [0.2, 0.25) is 5.91 Å². The molecule has 11 heteroatoms. The zero-order valence-electron chi connectivity index (χ0n) is 16.9. The molecule has 2 aromatic heterocycles. The Balaban J connectivity index is 1.56. The Labute approximate surface area is 186 Å². The van der Waals surface area contributed by atoms with E-state index in [1.165, 1.54) is 35.4 Å². The molecule has 0 spiro atoms. The van der Waals surface area contributed by atoms with E-state index in [1.807, 2.05) is 30.3 Å². The fraction of sp³-hybridized carbons (Fsp3) is 0.190. The molecule has 1 aliphatic rings. The number of rotatable bonds is 6. The third-order valence-corrected chi connectivity index (χ3v) is 7.06. The topological polar surface area (TPSA) is 127 Å². The van der Waals surface area contributed by atoms with Crippen LogP contribution in [0.3, 0.4) is 0 Å². The van der Waals surface area contributed by atoms with E-state index in [0.717, 1.165) is 34.2 Å². The lowest BCUT2D eigenvalue weighted by Crippen LogP contribution is -2.12. The number of anilines is 1. The highest BCUT2D eigenvalue weighted by Gasteiger charge is 2.30. The van der Waals surface area contributed by atoms with Crippen LogP contribution in [0.5, 0.6) is 5.75 Å². The second-order valence-corrected chi connectivity index (χ2v) is 10.0. The van der Waals surface area contributed by atoms with Crippen LogP contribution >= 0.6 is 18.9 Å². The molecule has 0 saturated heterocycles. The summed E-state index contributed by atoms with van der Waals surface area (Å²) in [6, 6.07) is 12.5. The molecular weight excluding hydrogens is 451 g/mol. The summed E-state index contributed by atoms with van der Waals surface area (Å²) in [6.07, 6.45) is 3.33. The zero-order valence-corrected chi connectivity index (χ0v) is 18.6. The number of carbonyl (C=O) groups excluding carboxylic acids is 1. The van der Waals surface area contributed by atoms with Crippen molar-refractivity contribution < 1.29 is 23.9 Å². The number of hydrogen-bond donors (Lipinski definition) is 3. The van der Waals surface area contributed by atoms with Gasteiger partial charge in [-0.1, -0.05) is 29.5 Å². The molecule has 1 saturated carbocycles. The van der Waals surface area contributed by atoms with Crippen LogP contribution in [0.15, 0.2) is 48.7 Å². The normalized spacial score (nSPS) is 14.0. The van der Waals surface area contributed by atoms with Crippen LogP contribution in [-0.2, 0) is 9.36 Å². The van der Waals surface area contributed by atoms with Gasteiger partial charge in [-0.3, -0.25) is 9.36 Å². The number of aromatic nitrogens is 3. The van der Waals surface area contributed by atoms with Gasteiger partial charge < -0.3 is 19.8 Å². The fourth-order valence-electron chi connectivity index (χ4n) is 3.42. The van der Waals surface area contributed by atoms with Gasteiger partial charge in [0, 0.05) is 17.7 Å². The summed E-state index contributed by atoms with van der Waals surface area (Å²) in [4.78, 5) is 35.5. The van der Waals surface area contributed by atoms with Crippen molar-refractivity contribution >= 4 is 45.6 Å². The predicted octanol–water partition coefficient (Wildman–Crippen LogP) is 3.31. The summed E-state index contributed by atoms with van der Waals surface area (Å²) in [5.74, 6) is 0.609. The number of ether oxygens (including phenoxy) is 1. The third-order valence-electron chi connectivity index (χ3n) is 5.20. The molecule has 0 unspecified atom stereocenters. The quantitative estimate of drug-likeness (QED) is 0.369. The third kappa shape index (κ3) is 3.93. The van der Waals surface area contributed by atoms with Crippen molar-refractivity contribution in [2.45, 2.75) is 12.8 Å². The van der Waals surface area contributed by atoms with Gasteiger partial charge in [-0.15, -0.1) is 0 Å². The van der Waals surface area contributed by atoms with E-state index in [1.54, 1.807) is 6.07 Å². The maximum atomic E-state index is 12.1. The molecule has 0 bridgehead atoms. The number of methoxy groups -OCH3 is 1. The zero-order chi connectivity index (χ0) is 22.5. The van der Waals surface area contributed by atoms with Crippen molar-refractivity contribution in [2.75, 3.05) is 12.4 Å². The van der Waals surface area contributed by atoms with Gasteiger partial charge in [-0.25, -0.2) is 9.67 Å². The number of nitrogens with zero attached hydrogens (tertiary/aromatic N) is 3. The number of nitrogens with one attached hydrogen (secondary N) is 1. The van der Waals surface area contributed by atoms with Gasteiger partial charge in [-0.05, 0) is 42.7 Å². The molecule has 164 valence electrons. The molecule has 9 nitrogen and oxygen atoms in total. The average Bonchev–Trinajstić information content (AvgIpc) is 3.34. The minimum atomic E-state index is -4.47. The number of benzene rings is 2. The maximum absolute atomic E-state index is 12.1. The number of thiazole rings is 1. The van der Waals surface area contributed by atoms with Gasteiger partial charge in [0.25, 0.3) is 0 Å². The van der Waals surface area contributed by atoms with Crippen LogP contribution in [-0.4, -0.2) is 37.6 Å². The Hall–Kier alpha value is -3.04. The number of hydrogen-bond acceptors (Lipinski definition) is 6. The van der Waals surface area contributed by atoms with Gasteiger partial charge in [-0.2, -0.15) is 5.10 Å². The van der Waals surface area contributed by atoms with Crippen LogP contribution in [0.2, 0.25) is 0 Å². The number of carbonyl (C=O) groups is 1. The molecule has 0 radical (unpaired) electrons. The molecule has 1 aliphatic carbocycles. The minimum Gasteiger partial charge on any atom is -0.494 e. The van der Waals surface area contributed by atoms with E-state index in [-0.39, 0.29) is 17.3 Å². The van der Waals surface area contributed by atoms with E-state index in [0.29, 0.717) is 16.6 Å². The first-order valence-corrected chi connectivity index (χ1v) is 12.3. The molecule has 0 aliphatic heterocycles. The van der Waals surface area contributed by atoms with Gasteiger partial charge in [0.1, 0.15) is 11.4 Å². The highest BCUT2D eigenvalue weighted by atomic mass is 32.1. The SMILES string of the molecule is COc1ccc(-c2cccc3nc(NC(=O)C4CC4)sc23)cc1-n1ccc(P(=O)(O)O)n1. The first kappa shape index (κ1) is 20.8. The van der Waals surface area contributed by atoms with E-state index >= 15 is 0 Å². The van der Waals surface area contributed by atoms with E-state index in [4.69, 9.17) is 4.74 Å². The van der Waals surface area contributed by atoms with E-state index in [9.17, 15) is 19.1 Å². The first-order chi connectivity index (χ1) is 15.3. The Morgan fingerprint density at radius 1 is 1.25 bits per heavy atom. The summed E-state index contributed by atoms with van der Waals surface area (Å²) in [5, 5.41) is 7.50. The second-order valence-electron chi connectivity index (χ2n) is 7.49. The van der Waals surface area contributed by atoms with Crippen LogP contribution in [0.25, 0.3) is 27.0 Å². The van der Waals surface area contributed by atoms with Gasteiger partial charge >= 0.3 is 7.60 Å². The Kier molecular flexibility index (Phi) is 5.10. The van der Waals surface area contributed by atoms with E-state index < -0.39 is 7.60 Å². The lowest BCUT2D eigenvalue weighted by molar-refractivity contribution is -0.117. The summed E-state index contributed by atoms with van der Waals surface area (Å²) in [6.45, 7) is 0. The van der Waals surface area contributed by atoms with Gasteiger partial charge in [0.05, 0.1) is 17.3 Å². The molecule has 3 N–H and O–H groups in total. The van der Waals surface area contributed by atoms with Crippen molar-refractivity contribution in [3.8, 4) is 22.6 Å². The Morgan fingerprint density at radius 2 is 2.06 bits per heavy atom. The standard InChI is InChI=1S/C21H19N4O5PS/c1-30-17-8-7-13(11-16(17)25-10-9-18(24-25)31(27,28)29)14-3-2-4-15-19(14)32-21(22-15)23-20(26)12-5-6-12/h2-4,7-12H,5-6H2,1H3,(H,22,23,26)(H2,27,28,29). The largest absolute Gasteiger partial charge is 0.494 e. The van der Waals surface area contributed by atoms with Crippen LogP contribution in [0.4, 0.5) is 5.13 Å². The van der Waals surface area contributed by atoms with Crippen molar-refractivity contribution in [2.24, 2.45) is 5.92 Å². The lowest BCUT2D eigenvalue weighted by atomic mass is 10.0. The van der Waals surface area contributed by atoms with Gasteiger partial charge in [0.15, 0.2) is 10.6 Å². The summed E-state index contributed by atoms with van der Waals surface area (Å²) in [5.41, 5.74) is 2.76. The smallest absolute Gasteiger partial charge is 0.376 e. The van der Waals surface area contributed by atoms with Crippen LogP contribution in [0.1, 0.15) is 12.8 Å². The first-order valence-electron chi connectivity index (χ1n) is 9.84.